The Morgan fingerprint density at radius 3 is 3.12 bits per heavy atom. The van der Waals surface area contributed by atoms with Crippen LogP contribution in [0.15, 0.2) is 15.9 Å². The zero-order chi connectivity index (χ0) is 12.1. The zero-order valence-corrected chi connectivity index (χ0v) is 12.6. The molecule has 2 rings (SSSR count). The number of rotatable bonds is 5. The van der Waals surface area contributed by atoms with Crippen molar-refractivity contribution < 1.29 is 4.74 Å². The fourth-order valence-corrected chi connectivity index (χ4v) is 4.12. The molecule has 1 N–H and O–H groups in total. The molecular weight excluding hydrogens is 298 g/mol. The van der Waals surface area contributed by atoms with Gasteiger partial charge in [0.15, 0.2) is 0 Å². The lowest BCUT2D eigenvalue weighted by Crippen LogP contribution is -2.33. The van der Waals surface area contributed by atoms with Crippen molar-refractivity contribution >= 4 is 27.3 Å². The highest BCUT2D eigenvalue weighted by Crippen LogP contribution is 2.36. The molecule has 1 aliphatic rings. The number of hydrogen-bond acceptors (Lipinski definition) is 3. The lowest BCUT2D eigenvalue weighted by atomic mass is 9.92. The maximum atomic E-state index is 5.63. The van der Waals surface area contributed by atoms with Gasteiger partial charge in [-0.25, -0.2) is 0 Å². The van der Waals surface area contributed by atoms with Gasteiger partial charge < -0.3 is 10.1 Å². The lowest BCUT2D eigenvalue weighted by Gasteiger charge is -2.30. The number of nitrogens with one attached hydrogen (secondary N) is 1. The monoisotopic (exact) mass is 317 g/mol. The van der Waals surface area contributed by atoms with Crippen LogP contribution in [0.3, 0.4) is 0 Å². The Bertz CT molecular complexity index is 336. The van der Waals surface area contributed by atoms with Crippen LogP contribution in [0.25, 0.3) is 0 Å². The molecule has 1 fully saturated rings. The van der Waals surface area contributed by atoms with E-state index < -0.39 is 0 Å². The van der Waals surface area contributed by atoms with E-state index in [0.29, 0.717) is 12.0 Å². The maximum absolute atomic E-state index is 5.63. The summed E-state index contributed by atoms with van der Waals surface area (Å²) in [6.45, 7) is 5.12. The minimum absolute atomic E-state index is 0.449. The average molecular weight is 318 g/mol. The second kappa shape index (κ2) is 6.88. The van der Waals surface area contributed by atoms with Gasteiger partial charge in [0.25, 0.3) is 0 Å². The third-order valence-electron chi connectivity index (χ3n) is 3.21. The second-order valence-electron chi connectivity index (χ2n) is 4.54. The van der Waals surface area contributed by atoms with E-state index in [2.05, 4.69) is 39.6 Å². The van der Waals surface area contributed by atoms with Gasteiger partial charge in [-0.05, 0) is 53.2 Å². The molecule has 2 unspecified atom stereocenters. The molecule has 2 nitrogen and oxygen atoms in total. The molecule has 0 spiro atoms. The highest BCUT2D eigenvalue weighted by molar-refractivity contribution is 9.10. The highest BCUT2D eigenvalue weighted by atomic mass is 79.9. The first-order valence-corrected chi connectivity index (χ1v) is 8.04. The van der Waals surface area contributed by atoms with Crippen LogP contribution in [-0.2, 0) is 4.74 Å². The molecule has 0 saturated carbocycles. The standard InChI is InChI=1S/C13H20BrNOS/c1-2-6-15-12(10-4-3-7-16-9-10)13-11(14)5-8-17-13/h5,8,10,12,15H,2-4,6-7,9H2,1H3. The van der Waals surface area contributed by atoms with E-state index in [1.54, 1.807) is 0 Å². The van der Waals surface area contributed by atoms with Gasteiger partial charge in [-0.1, -0.05) is 6.92 Å². The first-order chi connectivity index (χ1) is 8.33. The molecular formula is C13H20BrNOS. The number of ether oxygens (including phenoxy) is 1. The van der Waals surface area contributed by atoms with Crippen LogP contribution in [0.2, 0.25) is 0 Å². The molecule has 1 saturated heterocycles. The van der Waals surface area contributed by atoms with Gasteiger partial charge >= 0.3 is 0 Å². The van der Waals surface area contributed by atoms with Crippen molar-refractivity contribution in [2.45, 2.75) is 32.2 Å². The van der Waals surface area contributed by atoms with E-state index >= 15 is 0 Å². The molecule has 17 heavy (non-hydrogen) atoms. The minimum atomic E-state index is 0.449. The first-order valence-electron chi connectivity index (χ1n) is 6.37. The third-order valence-corrected chi connectivity index (χ3v) is 5.16. The molecule has 2 atom stereocenters. The van der Waals surface area contributed by atoms with Gasteiger partial charge in [0, 0.05) is 27.9 Å². The lowest BCUT2D eigenvalue weighted by molar-refractivity contribution is 0.0395. The van der Waals surface area contributed by atoms with Crippen LogP contribution in [0.5, 0.6) is 0 Å². The number of hydrogen-bond donors (Lipinski definition) is 1. The van der Waals surface area contributed by atoms with Crippen molar-refractivity contribution in [3.8, 4) is 0 Å². The summed E-state index contributed by atoms with van der Waals surface area (Å²) >= 11 is 5.49. The molecule has 2 heterocycles. The second-order valence-corrected chi connectivity index (χ2v) is 6.34. The molecule has 0 radical (unpaired) electrons. The van der Waals surface area contributed by atoms with Crippen molar-refractivity contribution in [2.24, 2.45) is 5.92 Å². The Morgan fingerprint density at radius 1 is 1.65 bits per heavy atom. The molecule has 1 aliphatic heterocycles. The molecule has 0 aromatic carbocycles. The number of thiophene rings is 1. The van der Waals surface area contributed by atoms with Gasteiger partial charge in [0.05, 0.1) is 6.61 Å². The van der Waals surface area contributed by atoms with Crippen molar-refractivity contribution in [3.05, 3.63) is 20.8 Å². The summed E-state index contributed by atoms with van der Waals surface area (Å²) in [4.78, 5) is 1.42. The van der Waals surface area contributed by atoms with Crippen molar-refractivity contribution in [1.82, 2.24) is 5.32 Å². The van der Waals surface area contributed by atoms with Crippen molar-refractivity contribution in [3.63, 3.8) is 0 Å². The Kier molecular flexibility index (Phi) is 5.48. The Balaban J connectivity index is 2.09. The van der Waals surface area contributed by atoms with Gasteiger partial charge in [0.1, 0.15) is 0 Å². The zero-order valence-electron chi connectivity index (χ0n) is 10.2. The molecule has 4 heteroatoms. The van der Waals surface area contributed by atoms with E-state index in [0.717, 1.165) is 19.8 Å². The molecule has 1 aromatic rings. The first kappa shape index (κ1) is 13.5. The average Bonchev–Trinajstić information content (AvgIpc) is 2.78. The van der Waals surface area contributed by atoms with Crippen LogP contribution >= 0.6 is 27.3 Å². The third kappa shape index (κ3) is 3.53. The SMILES string of the molecule is CCCNC(c1sccc1Br)C1CCCOC1. The predicted molar refractivity (Wildman–Crippen MR) is 76.6 cm³/mol. The fraction of sp³-hybridized carbons (Fsp3) is 0.692. The smallest absolute Gasteiger partial charge is 0.0512 e. The summed E-state index contributed by atoms with van der Waals surface area (Å²) in [5, 5.41) is 5.84. The summed E-state index contributed by atoms with van der Waals surface area (Å²) in [6, 6.07) is 2.59. The molecule has 0 amide bonds. The maximum Gasteiger partial charge on any atom is 0.0512 e. The van der Waals surface area contributed by atoms with Crippen molar-refractivity contribution in [2.75, 3.05) is 19.8 Å². The molecule has 1 aromatic heterocycles. The predicted octanol–water partition coefficient (Wildman–Crippen LogP) is 3.98. The van der Waals surface area contributed by atoms with Gasteiger partial charge in [-0.2, -0.15) is 0 Å². The summed E-state index contributed by atoms with van der Waals surface area (Å²) in [5.41, 5.74) is 0. The normalized spacial score (nSPS) is 22.6. The van der Waals surface area contributed by atoms with Gasteiger partial charge in [-0.3, -0.25) is 0 Å². The van der Waals surface area contributed by atoms with E-state index in [4.69, 9.17) is 4.74 Å². The number of halogens is 1. The topological polar surface area (TPSA) is 21.3 Å². The quantitative estimate of drug-likeness (QED) is 0.887. The summed E-state index contributed by atoms with van der Waals surface area (Å²) < 4.78 is 6.87. The van der Waals surface area contributed by atoms with Gasteiger partial charge in [0.2, 0.25) is 0 Å². The Labute approximate surface area is 116 Å². The van der Waals surface area contributed by atoms with Crippen LogP contribution < -0.4 is 5.32 Å². The minimum Gasteiger partial charge on any atom is -0.381 e. The van der Waals surface area contributed by atoms with Crippen LogP contribution in [-0.4, -0.2) is 19.8 Å². The summed E-state index contributed by atoms with van der Waals surface area (Å²) in [6.07, 6.45) is 3.64. The Hall–Kier alpha value is 0.1000. The Morgan fingerprint density at radius 2 is 2.53 bits per heavy atom. The van der Waals surface area contributed by atoms with E-state index in [1.807, 2.05) is 11.3 Å². The molecule has 0 bridgehead atoms. The van der Waals surface area contributed by atoms with Crippen LogP contribution in [0.1, 0.15) is 37.1 Å². The molecule has 96 valence electrons. The van der Waals surface area contributed by atoms with E-state index in [-0.39, 0.29) is 0 Å². The largest absolute Gasteiger partial charge is 0.381 e. The highest BCUT2D eigenvalue weighted by Gasteiger charge is 2.27. The van der Waals surface area contributed by atoms with E-state index in [1.165, 1.54) is 28.6 Å². The summed E-state index contributed by atoms with van der Waals surface area (Å²) in [5.74, 6) is 0.616. The van der Waals surface area contributed by atoms with Crippen LogP contribution in [0, 0.1) is 5.92 Å². The summed E-state index contributed by atoms with van der Waals surface area (Å²) in [7, 11) is 0. The van der Waals surface area contributed by atoms with Crippen LogP contribution in [0.4, 0.5) is 0 Å². The van der Waals surface area contributed by atoms with Crippen molar-refractivity contribution in [1.29, 1.82) is 0 Å². The van der Waals surface area contributed by atoms with Gasteiger partial charge in [-0.15, -0.1) is 11.3 Å². The van der Waals surface area contributed by atoms with E-state index in [9.17, 15) is 0 Å². The molecule has 0 aliphatic carbocycles. The fourth-order valence-electron chi connectivity index (χ4n) is 2.33.